The molecular weight excluding hydrogens is 288 g/mol. The first-order valence-corrected chi connectivity index (χ1v) is 6.58. The minimum atomic E-state index is -1.31. The van der Waals surface area contributed by atoms with E-state index in [0.29, 0.717) is 5.69 Å². The van der Waals surface area contributed by atoms with E-state index in [-0.39, 0.29) is 24.3 Å². The van der Waals surface area contributed by atoms with E-state index >= 15 is 0 Å². The lowest BCUT2D eigenvalue weighted by Crippen LogP contribution is -2.43. The van der Waals surface area contributed by atoms with Gasteiger partial charge >= 0.3 is 16.8 Å². The summed E-state index contributed by atoms with van der Waals surface area (Å²) in [5, 5.41) is 21.2. The minimum absolute atomic E-state index is 0.214. The molecule has 0 bridgehead atoms. The second-order valence-electron chi connectivity index (χ2n) is 4.12. The summed E-state index contributed by atoms with van der Waals surface area (Å²) >= 11 is 0.946. The number of aromatic nitrogens is 1. The molecule has 20 heavy (non-hydrogen) atoms. The molecule has 0 fully saturated rings. The van der Waals surface area contributed by atoms with E-state index < -0.39 is 23.9 Å². The van der Waals surface area contributed by atoms with Crippen molar-refractivity contribution in [3.05, 3.63) is 20.7 Å². The second-order valence-corrected chi connectivity index (χ2v) is 4.94. The average molecular weight is 302 g/mol. The van der Waals surface area contributed by atoms with Crippen LogP contribution in [0.15, 0.2) is 10.2 Å². The molecule has 0 aliphatic heterocycles. The molecule has 0 radical (unpaired) electrons. The number of hydrogen-bond acceptors (Lipinski definition) is 5. The molecule has 9 heteroatoms. The van der Waals surface area contributed by atoms with Gasteiger partial charge in [0.1, 0.15) is 12.6 Å². The molecule has 1 rings (SSSR count). The van der Waals surface area contributed by atoms with Crippen LogP contribution < -0.4 is 10.2 Å². The van der Waals surface area contributed by atoms with Gasteiger partial charge in [-0.2, -0.15) is 0 Å². The predicted molar refractivity (Wildman–Crippen MR) is 69.8 cm³/mol. The van der Waals surface area contributed by atoms with Crippen molar-refractivity contribution in [2.45, 2.75) is 32.4 Å². The Morgan fingerprint density at radius 3 is 2.50 bits per heavy atom. The Bertz CT molecular complexity index is 576. The summed E-state index contributed by atoms with van der Waals surface area (Å²) in [5.74, 6) is -3.10. The van der Waals surface area contributed by atoms with Crippen molar-refractivity contribution in [2.24, 2.45) is 0 Å². The number of aliphatic carboxylic acids is 2. The number of rotatable bonds is 7. The molecule has 0 saturated carbocycles. The number of carbonyl (C=O) groups is 3. The van der Waals surface area contributed by atoms with Crippen LogP contribution in [0.2, 0.25) is 0 Å². The van der Waals surface area contributed by atoms with Gasteiger partial charge in [0.15, 0.2) is 0 Å². The van der Waals surface area contributed by atoms with Crippen LogP contribution in [0.1, 0.15) is 18.5 Å². The van der Waals surface area contributed by atoms with Crippen molar-refractivity contribution in [3.63, 3.8) is 0 Å². The lowest BCUT2D eigenvalue weighted by atomic mass is 10.1. The zero-order valence-electron chi connectivity index (χ0n) is 10.7. The van der Waals surface area contributed by atoms with E-state index in [0.717, 1.165) is 11.3 Å². The molecule has 3 N–H and O–H groups in total. The van der Waals surface area contributed by atoms with E-state index in [4.69, 9.17) is 10.2 Å². The first-order valence-electron chi connectivity index (χ1n) is 5.70. The largest absolute Gasteiger partial charge is 0.481 e. The quantitative estimate of drug-likeness (QED) is 0.632. The molecule has 1 unspecified atom stereocenters. The van der Waals surface area contributed by atoms with Crippen LogP contribution in [0.25, 0.3) is 0 Å². The highest BCUT2D eigenvalue weighted by molar-refractivity contribution is 7.07. The fourth-order valence-electron chi connectivity index (χ4n) is 1.50. The standard InChI is InChI=1S/C11H14N2O6S/c1-6-5-20-11(19)13(6)4-8(14)12-7(10(17)18)2-3-9(15)16/h5,7H,2-4H2,1H3,(H,12,14)(H,15,16)(H,17,18). The summed E-state index contributed by atoms with van der Waals surface area (Å²) < 4.78 is 1.22. The van der Waals surface area contributed by atoms with Gasteiger partial charge in [0.25, 0.3) is 0 Å². The zero-order valence-corrected chi connectivity index (χ0v) is 11.5. The number of thiazole rings is 1. The third kappa shape index (κ3) is 4.50. The summed E-state index contributed by atoms with van der Waals surface area (Å²) in [7, 11) is 0. The van der Waals surface area contributed by atoms with Gasteiger partial charge in [-0.1, -0.05) is 11.3 Å². The van der Waals surface area contributed by atoms with Gasteiger partial charge < -0.3 is 15.5 Å². The zero-order chi connectivity index (χ0) is 15.3. The van der Waals surface area contributed by atoms with Crippen molar-refractivity contribution in [1.29, 1.82) is 0 Å². The summed E-state index contributed by atoms with van der Waals surface area (Å²) in [6.07, 6.45) is -0.581. The van der Waals surface area contributed by atoms with Crippen LogP contribution in [0.5, 0.6) is 0 Å². The summed E-state index contributed by atoms with van der Waals surface area (Å²) in [5.41, 5.74) is 0.604. The number of carboxylic acids is 2. The van der Waals surface area contributed by atoms with E-state index in [1.54, 1.807) is 12.3 Å². The first-order chi connectivity index (χ1) is 9.31. The topological polar surface area (TPSA) is 126 Å². The van der Waals surface area contributed by atoms with Crippen LogP contribution in [-0.4, -0.2) is 38.7 Å². The van der Waals surface area contributed by atoms with Gasteiger partial charge in [0.2, 0.25) is 5.91 Å². The van der Waals surface area contributed by atoms with Crippen LogP contribution >= 0.6 is 11.3 Å². The molecule has 1 atom stereocenters. The third-order valence-electron chi connectivity index (χ3n) is 2.56. The number of nitrogens with one attached hydrogen (secondary N) is 1. The molecule has 0 saturated heterocycles. The molecule has 0 aromatic carbocycles. The van der Waals surface area contributed by atoms with E-state index in [2.05, 4.69) is 5.32 Å². The summed E-state index contributed by atoms with van der Waals surface area (Å²) in [6, 6.07) is -1.28. The minimum Gasteiger partial charge on any atom is -0.481 e. The highest BCUT2D eigenvalue weighted by atomic mass is 32.1. The van der Waals surface area contributed by atoms with Crippen molar-refractivity contribution in [2.75, 3.05) is 0 Å². The van der Waals surface area contributed by atoms with Crippen LogP contribution in [0, 0.1) is 6.92 Å². The van der Waals surface area contributed by atoms with Crippen molar-refractivity contribution in [3.8, 4) is 0 Å². The molecule has 8 nitrogen and oxygen atoms in total. The first kappa shape index (κ1) is 15.9. The number of carbonyl (C=O) groups excluding carboxylic acids is 1. The molecular formula is C11H14N2O6S. The maximum Gasteiger partial charge on any atom is 0.326 e. The normalized spacial score (nSPS) is 11.8. The Morgan fingerprint density at radius 1 is 1.40 bits per heavy atom. The van der Waals surface area contributed by atoms with Crippen molar-refractivity contribution in [1.82, 2.24) is 9.88 Å². The fourth-order valence-corrected chi connectivity index (χ4v) is 2.24. The summed E-state index contributed by atoms with van der Waals surface area (Å²) in [4.78, 5) is 44.1. The van der Waals surface area contributed by atoms with Crippen LogP contribution in [-0.2, 0) is 20.9 Å². The SMILES string of the molecule is Cc1csc(=O)n1CC(=O)NC(CCC(=O)O)C(=O)O. The number of aryl methyl sites for hydroxylation is 1. The van der Waals surface area contributed by atoms with Crippen LogP contribution in [0.3, 0.4) is 0 Å². The Labute approximate surface area is 117 Å². The predicted octanol–water partition coefficient (Wildman–Crippen LogP) is -0.348. The Kier molecular flexibility index (Phi) is 5.44. The monoisotopic (exact) mass is 302 g/mol. The third-order valence-corrected chi connectivity index (χ3v) is 3.44. The van der Waals surface area contributed by atoms with Gasteiger partial charge in [0.05, 0.1) is 0 Å². The second kappa shape index (κ2) is 6.85. The van der Waals surface area contributed by atoms with E-state index in [9.17, 15) is 19.2 Å². The highest BCUT2D eigenvalue weighted by Crippen LogP contribution is 2.01. The molecule has 1 aromatic heterocycles. The smallest absolute Gasteiger partial charge is 0.326 e. The Balaban J connectivity index is 2.65. The number of nitrogens with zero attached hydrogens (tertiary/aromatic N) is 1. The van der Waals surface area contributed by atoms with Gasteiger partial charge in [-0.15, -0.1) is 0 Å². The maximum atomic E-state index is 11.7. The van der Waals surface area contributed by atoms with Gasteiger partial charge in [-0.05, 0) is 13.3 Å². The average Bonchev–Trinajstić information content (AvgIpc) is 2.65. The lowest BCUT2D eigenvalue weighted by Gasteiger charge is -2.14. The number of hydrogen-bond donors (Lipinski definition) is 3. The van der Waals surface area contributed by atoms with Crippen molar-refractivity contribution < 1.29 is 24.6 Å². The van der Waals surface area contributed by atoms with E-state index in [1.165, 1.54) is 4.57 Å². The maximum absolute atomic E-state index is 11.7. The van der Waals surface area contributed by atoms with Crippen LogP contribution in [0.4, 0.5) is 0 Å². The molecule has 0 spiro atoms. The van der Waals surface area contributed by atoms with Crippen molar-refractivity contribution >= 4 is 29.2 Å². The van der Waals surface area contributed by atoms with E-state index in [1.807, 2.05) is 0 Å². The number of amides is 1. The fraction of sp³-hybridized carbons (Fsp3) is 0.455. The lowest BCUT2D eigenvalue weighted by molar-refractivity contribution is -0.143. The van der Waals surface area contributed by atoms with Gasteiger partial charge in [-0.3, -0.25) is 19.0 Å². The van der Waals surface area contributed by atoms with Gasteiger partial charge in [-0.25, -0.2) is 4.79 Å². The van der Waals surface area contributed by atoms with Gasteiger partial charge in [0, 0.05) is 17.5 Å². The summed E-state index contributed by atoms with van der Waals surface area (Å²) in [6.45, 7) is 1.37. The highest BCUT2D eigenvalue weighted by Gasteiger charge is 2.21. The number of carboxylic acid groups (broad SMARTS) is 2. The molecule has 0 aliphatic carbocycles. The molecule has 1 aromatic rings. The molecule has 0 aliphatic rings. The molecule has 1 heterocycles. The Hall–Kier alpha value is -2.16. The molecule has 1 amide bonds. The Morgan fingerprint density at radius 2 is 2.05 bits per heavy atom. The molecule has 110 valence electrons.